The highest BCUT2D eigenvalue weighted by Gasteiger charge is 2.28. The van der Waals surface area contributed by atoms with Crippen LogP contribution in [-0.4, -0.2) is 57.3 Å². The second-order valence-electron chi connectivity index (χ2n) is 16.1. The van der Waals surface area contributed by atoms with Crippen LogP contribution in [0, 0.1) is 0 Å². The summed E-state index contributed by atoms with van der Waals surface area (Å²) in [6, 6.07) is -0.978. The van der Waals surface area contributed by atoms with Crippen molar-refractivity contribution in [1.82, 2.24) is 5.32 Å². The van der Waals surface area contributed by atoms with Crippen LogP contribution in [0.5, 0.6) is 0 Å². The van der Waals surface area contributed by atoms with Crippen molar-refractivity contribution in [2.45, 2.75) is 276 Å². The predicted octanol–water partition coefficient (Wildman–Crippen LogP) is 12.0. The van der Waals surface area contributed by atoms with Gasteiger partial charge in [0.2, 0.25) is 5.91 Å². The summed E-state index contributed by atoms with van der Waals surface area (Å²) in [5, 5.41) is 43.6. The lowest BCUT2D eigenvalue weighted by Gasteiger charge is -2.27. The predicted molar refractivity (Wildman–Crippen MR) is 219 cm³/mol. The summed E-state index contributed by atoms with van der Waals surface area (Å²) in [5.74, 6) is -0.580. The van der Waals surface area contributed by atoms with Crippen LogP contribution in [0.25, 0.3) is 0 Å². The van der Waals surface area contributed by atoms with Gasteiger partial charge in [0.15, 0.2) is 0 Å². The molecular formula is C45H91NO5. The fraction of sp³-hybridized carbons (Fsp3) is 0.978. The van der Waals surface area contributed by atoms with Gasteiger partial charge in [-0.15, -0.1) is 0 Å². The normalized spacial score (nSPS) is 14.1. The van der Waals surface area contributed by atoms with Crippen molar-refractivity contribution in [2.24, 2.45) is 0 Å². The summed E-state index contributed by atoms with van der Waals surface area (Å²) < 4.78 is 0. The van der Waals surface area contributed by atoms with E-state index in [2.05, 4.69) is 19.2 Å². The Morgan fingerprint density at radius 3 is 0.941 bits per heavy atom. The van der Waals surface area contributed by atoms with Crippen LogP contribution in [0.3, 0.4) is 0 Å². The number of carbonyl (C=O) groups excluding carboxylic acids is 1. The van der Waals surface area contributed by atoms with E-state index in [1.54, 1.807) is 0 Å². The van der Waals surface area contributed by atoms with Crippen molar-refractivity contribution in [2.75, 3.05) is 6.61 Å². The van der Waals surface area contributed by atoms with E-state index in [0.717, 1.165) is 38.5 Å². The second-order valence-corrected chi connectivity index (χ2v) is 16.1. The fourth-order valence-corrected chi connectivity index (χ4v) is 7.41. The minimum atomic E-state index is -1.25. The first-order valence-corrected chi connectivity index (χ1v) is 22.9. The molecule has 4 atom stereocenters. The first-order chi connectivity index (χ1) is 25.0. The molecule has 0 aromatic rings. The van der Waals surface area contributed by atoms with E-state index in [1.807, 2.05) is 0 Å². The average Bonchev–Trinajstić information content (AvgIpc) is 3.13. The third-order valence-corrected chi connectivity index (χ3v) is 11.1. The van der Waals surface area contributed by atoms with Gasteiger partial charge in [-0.05, 0) is 12.8 Å². The Bertz CT molecular complexity index is 692. The van der Waals surface area contributed by atoms with Crippen LogP contribution in [0.4, 0.5) is 0 Å². The summed E-state index contributed by atoms with van der Waals surface area (Å²) in [6.45, 7) is 4.05. The summed E-state index contributed by atoms with van der Waals surface area (Å²) in [5.41, 5.74) is 0. The monoisotopic (exact) mass is 726 g/mol. The third kappa shape index (κ3) is 34.8. The van der Waals surface area contributed by atoms with Crippen molar-refractivity contribution in [3.05, 3.63) is 0 Å². The summed E-state index contributed by atoms with van der Waals surface area (Å²) >= 11 is 0. The molecule has 0 aliphatic carbocycles. The molecular weight excluding hydrogens is 634 g/mol. The van der Waals surface area contributed by atoms with Crippen LogP contribution in [0.2, 0.25) is 0 Å². The molecule has 0 saturated heterocycles. The van der Waals surface area contributed by atoms with Gasteiger partial charge >= 0.3 is 0 Å². The lowest BCUT2D eigenvalue weighted by atomic mass is 9.99. The van der Waals surface area contributed by atoms with Crippen molar-refractivity contribution < 1.29 is 25.2 Å². The van der Waals surface area contributed by atoms with E-state index in [0.29, 0.717) is 12.8 Å². The topological polar surface area (TPSA) is 110 Å². The number of amides is 1. The molecule has 0 bridgehead atoms. The van der Waals surface area contributed by atoms with E-state index in [-0.39, 0.29) is 0 Å². The Morgan fingerprint density at radius 1 is 0.412 bits per heavy atom. The van der Waals surface area contributed by atoms with Gasteiger partial charge in [-0.25, -0.2) is 0 Å². The van der Waals surface area contributed by atoms with E-state index < -0.39 is 36.9 Å². The zero-order valence-corrected chi connectivity index (χ0v) is 34.4. The van der Waals surface area contributed by atoms with Crippen LogP contribution in [-0.2, 0) is 4.79 Å². The lowest BCUT2D eigenvalue weighted by Crippen LogP contribution is -2.53. The Balaban J connectivity index is 3.61. The number of rotatable bonds is 42. The van der Waals surface area contributed by atoms with Gasteiger partial charge in [-0.3, -0.25) is 4.79 Å². The highest BCUT2D eigenvalue weighted by Crippen LogP contribution is 2.17. The highest BCUT2D eigenvalue weighted by molar-refractivity contribution is 5.80. The molecule has 4 unspecified atom stereocenters. The second kappa shape index (κ2) is 40.5. The molecule has 1 amide bonds. The molecule has 0 saturated carbocycles. The van der Waals surface area contributed by atoms with Gasteiger partial charge in [-0.1, -0.05) is 239 Å². The number of hydrogen-bond acceptors (Lipinski definition) is 5. The van der Waals surface area contributed by atoms with E-state index in [4.69, 9.17) is 0 Å². The number of nitrogens with one attached hydrogen (secondary N) is 1. The number of carbonyl (C=O) groups is 1. The van der Waals surface area contributed by atoms with Crippen LogP contribution in [0.15, 0.2) is 0 Å². The highest BCUT2D eigenvalue weighted by atomic mass is 16.3. The number of hydrogen-bond donors (Lipinski definition) is 5. The van der Waals surface area contributed by atoms with Crippen LogP contribution < -0.4 is 5.32 Å². The summed E-state index contributed by atoms with van der Waals surface area (Å²) in [4.78, 5) is 12.5. The maximum absolute atomic E-state index is 12.5. The van der Waals surface area contributed by atoms with Gasteiger partial charge in [0.1, 0.15) is 12.2 Å². The number of aliphatic hydroxyl groups excluding tert-OH is 4. The summed E-state index contributed by atoms with van der Waals surface area (Å²) in [7, 11) is 0. The quantitative estimate of drug-likeness (QED) is 0.0402. The van der Waals surface area contributed by atoms with Crippen molar-refractivity contribution >= 4 is 5.91 Å². The molecule has 0 aromatic carbocycles. The molecule has 0 aliphatic rings. The molecule has 0 heterocycles. The standard InChI is InChI=1S/C45H91NO5/c1-3-5-7-9-11-13-15-16-17-18-19-20-21-22-23-24-25-26-27-29-31-33-35-37-39-43(49)45(51)46-41(40-47)44(50)42(48)38-36-34-32-30-28-14-12-10-8-6-4-2/h41-44,47-50H,3-40H2,1-2H3,(H,46,51). The summed E-state index contributed by atoms with van der Waals surface area (Å²) in [6.07, 6.45) is 42.9. The van der Waals surface area contributed by atoms with E-state index >= 15 is 0 Å². The minimum absolute atomic E-state index is 0.376. The average molecular weight is 726 g/mol. The molecule has 6 heteroatoms. The van der Waals surface area contributed by atoms with Gasteiger partial charge in [-0.2, -0.15) is 0 Å². The maximum atomic E-state index is 12.5. The molecule has 306 valence electrons. The van der Waals surface area contributed by atoms with Crippen molar-refractivity contribution in [3.63, 3.8) is 0 Å². The Hall–Kier alpha value is -0.690. The molecule has 0 fully saturated rings. The molecule has 0 aliphatic heterocycles. The zero-order chi connectivity index (χ0) is 37.5. The lowest BCUT2D eigenvalue weighted by molar-refractivity contribution is -0.132. The Labute approximate surface area is 318 Å². The van der Waals surface area contributed by atoms with Crippen molar-refractivity contribution in [3.8, 4) is 0 Å². The number of aliphatic hydroxyl groups is 4. The van der Waals surface area contributed by atoms with E-state index in [9.17, 15) is 25.2 Å². The van der Waals surface area contributed by atoms with Gasteiger partial charge in [0.25, 0.3) is 0 Å². The van der Waals surface area contributed by atoms with Crippen LogP contribution in [0.1, 0.15) is 251 Å². The molecule has 0 rings (SSSR count). The SMILES string of the molecule is CCCCCCCCCCCCCCCCCCCCCCCCCCC(O)C(=O)NC(CO)C(O)C(O)CCCCCCCCCCCCC. The largest absolute Gasteiger partial charge is 0.394 e. The molecule has 0 aromatic heterocycles. The third-order valence-electron chi connectivity index (χ3n) is 11.1. The Morgan fingerprint density at radius 2 is 0.667 bits per heavy atom. The molecule has 0 spiro atoms. The fourth-order valence-electron chi connectivity index (χ4n) is 7.41. The number of unbranched alkanes of at least 4 members (excludes halogenated alkanes) is 33. The van der Waals surface area contributed by atoms with E-state index in [1.165, 1.54) is 186 Å². The zero-order valence-electron chi connectivity index (χ0n) is 34.4. The first kappa shape index (κ1) is 50.3. The Kier molecular flexibility index (Phi) is 39.9. The maximum Gasteiger partial charge on any atom is 0.249 e. The van der Waals surface area contributed by atoms with Gasteiger partial charge < -0.3 is 25.7 Å². The molecule has 51 heavy (non-hydrogen) atoms. The van der Waals surface area contributed by atoms with Gasteiger partial charge in [0.05, 0.1) is 18.8 Å². The smallest absolute Gasteiger partial charge is 0.249 e. The molecule has 6 nitrogen and oxygen atoms in total. The molecule has 5 N–H and O–H groups in total. The minimum Gasteiger partial charge on any atom is -0.394 e. The van der Waals surface area contributed by atoms with Crippen LogP contribution >= 0.6 is 0 Å². The van der Waals surface area contributed by atoms with Crippen molar-refractivity contribution in [1.29, 1.82) is 0 Å². The molecule has 0 radical (unpaired) electrons. The van der Waals surface area contributed by atoms with Gasteiger partial charge in [0, 0.05) is 0 Å². The first-order valence-electron chi connectivity index (χ1n) is 22.9.